The molecule has 0 saturated heterocycles. The maximum absolute atomic E-state index is 9.30. The molecule has 0 aliphatic carbocycles. The van der Waals surface area contributed by atoms with E-state index in [0.29, 0.717) is 13.2 Å². The highest BCUT2D eigenvalue weighted by Crippen LogP contribution is 2.34. The Bertz CT molecular complexity index is 414. The van der Waals surface area contributed by atoms with Crippen LogP contribution < -0.4 is 14.8 Å². The van der Waals surface area contributed by atoms with E-state index in [2.05, 4.69) is 18.3 Å². The second-order valence-corrected chi connectivity index (χ2v) is 5.94. The van der Waals surface area contributed by atoms with Gasteiger partial charge in [0.15, 0.2) is 11.5 Å². The number of ether oxygens (including phenoxy) is 2. The van der Waals surface area contributed by atoms with Crippen molar-refractivity contribution in [2.24, 2.45) is 0 Å². The van der Waals surface area contributed by atoms with Crippen molar-refractivity contribution in [3.8, 4) is 11.5 Å². The lowest BCUT2D eigenvalue weighted by Gasteiger charge is -2.19. The van der Waals surface area contributed by atoms with Crippen LogP contribution in [-0.4, -0.2) is 43.3 Å². The fourth-order valence-corrected chi connectivity index (χ4v) is 3.03. The normalized spacial score (nSPS) is 15.1. The first-order valence-corrected chi connectivity index (χ1v) is 8.18. The van der Waals surface area contributed by atoms with E-state index >= 15 is 0 Å². The zero-order valence-electron chi connectivity index (χ0n) is 11.9. The van der Waals surface area contributed by atoms with Crippen LogP contribution in [0.15, 0.2) is 23.1 Å². The summed E-state index contributed by atoms with van der Waals surface area (Å²) in [7, 11) is 0. The lowest BCUT2D eigenvalue weighted by atomic mass is 10.2. The Morgan fingerprint density at radius 3 is 2.85 bits per heavy atom. The molecule has 0 radical (unpaired) electrons. The first-order chi connectivity index (χ1) is 9.83. The molecule has 0 fully saturated rings. The number of nitrogens with one attached hydrogen (secondary N) is 1. The van der Waals surface area contributed by atoms with Gasteiger partial charge >= 0.3 is 0 Å². The van der Waals surface area contributed by atoms with Gasteiger partial charge in [0.1, 0.15) is 13.2 Å². The number of fused-ring (bicyclic) bond motifs is 1. The molecule has 0 saturated carbocycles. The van der Waals surface area contributed by atoms with Gasteiger partial charge in [-0.25, -0.2) is 0 Å². The summed E-state index contributed by atoms with van der Waals surface area (Å²) in [5.74, 6) is 2.64. The lowest BCUT2D eigenvalue weighted by Crippen LogP contribution is -2.33. The molecule has 112 valence electrons. The summed E-state index contributed by atoms with van der Waals surface area (Å²) in [5, 5.41) is 12.6. The van der Waals surface area contributed by atoms with Crippen LogP contribution in [0.25, 0.3) is 0 Å². The zero-order chi connectivity index (χ0) is 14.2. The van der Waals surface area contributed by atoms with Crippen molar-refractivity contribution in [3.05, 3.63) is 18.2 Å². The molecule has 2 N–H and O–H groups in total. The van der Waals surface area contributed by atoms with Gasteiger partial charge in [-0.3, -0.25) is 0 Å². The van der Waals surface area contributed by atoms with Crippen molar-refractivity contribution in [1.29, 1.82) is 0 Å². The molecule has 1 aromatic rings. The maximum Gasteiger partial charge on any atom is 0.162 e. The smallest absolute Gasteiger partial charge is 0.162 e. The van der Waals surface area contributed by atoms with Crippen LogP contribution in [0, 0.1) is 0 Å². The predicted molar refractivity (Wildman–Crippen MR) is 81.9 cm³/mol. The second-order valence-electron chi connectivity index (χ2n) is 4.78. The monoisotopic (exact) mass is 297 g/mol. The fourth-order valence-electron chi connectivity index (χ4n) is 2.04. The average Bonchev–Trinajstić information content (AvgIpc) is 2.50. The quantitative estimate of drug-likeness (QED) is 0.721. The molecule has 1 atom stereocenters. The summed E-state index contributed by atoms with van der Waals surface area (Å²) >= 11 is 1.78. The van der Waals surface area contributed by atoms with Gasteiger partial charge in [-0.2, -0.15) is 0 Å². The number of aliphatic hydroxyl groups is 1. The Morgan fingerprint density at radius 2 is 2.10 bits per heavy atom. The van der Waals surface area contributed by atoms with E-state index in [-0.39, 0.29) is 12.6 Å². The molecule has 2 rings (SSSR count). The third-order valence-corrected chi connectivity index (χ3v) is 4.18. The summed E-state index contributed by atoms with van der Waals surface area (Å²) in [6, 6.07) is 6.26. The molecule has 1 heterocycles. The number of rotatable bonds is 8. The third-order valence-electron chi connectivity index (χ3n) is 3.15. The Kier molecular flexibility index (Phi) is 6.50. The SMILES string of the molecule is CCCNC(CO)CCSc1ccc2c(c1)OCCO2. The molecule has 5 heteroatoms. The molecule has 1 aliphatic rings. The minimum absolute atomic E-state index is 0.194. The van der Waals surface area contributed by atoms with Crippen LogP contribution in [-0.2, 0) is 0 Å². The predicted octanol–water partition coefficient (Wildman–Crippen LogP) is 2.30. The first kappa shape index (κ1) is 15.5. The number of hydrogen-bond donors (Lipinski definition) is 2. The highest BCUT2D eigenvalue weighted by molar-refractivity contribution is 7.99. The van der Waals surface area contributed by atoms with Crippen molar-refractivity contribution < 1.29 is 14.6 Å². The summed E-state index contributed by atoms with van der Waals surface area (Å²) in [6.07, 6.45) is 2.04. The van der Waals surface area contributed by atoms with Gasteiger partial charge in [-0.15, -0.1) is 11.8 Å². The van der Waals surface area contributed by atoms with Crippen LogP contribution in [0.1, 0.15) is 19.8 Å². The van der Waals surface area contributed by atoms with Gasteiger partial charge in [0.25, 0.3) is 0 Å². The summed E-state index contributed by atoms with van der Waals surface area (Å²) in [5.41, 5.74) is 0. The van der Waals surface area contributed by atoms with Crippen LogP contribution in [0.3, 0.4) is 0 Å². The van der Waals surface area contributed by atoms with Crippen molar-refractivity contribution in [2.75, 3.05) is 32.1 Å². The Morgan fingerprint density at radius 1 is 1.30 bits per heavy atom. The summed E-state index contributed by atoms with van der Waals surface area (Å²) in [4.78, 5) is 1.18. The van der Waals surface area contributed by atoms with Gasteiger partial charge in [0.05, 0.1) is 6.61 Å². The van der Waals surface area contributed by atoms with Gasteiger partial charge in [-0.1, -0.05) is 6.92 Å². The minimum Gasteiger partial charge on any atom is -0.486 e. The van der Waals surface area contributed by atoms with Gasteiger partial charge in [0.2, 0.25) is 0 Å². The fraction of sp³-hybridized carbons (Fsp3) is 0.600. The number of thioether (sulfide) groups is 1. The van der Waals surface area contributed by atoms with Gasteiger partial charge < -0.3 is 19.9 Å². The van der Waals surface area contributed by atoms with Crippen LogP contribution in [0.4, 0.5) is 0 Å². The van der Waals surface area contributed by atoms with Crippen molar-refractivity contribution in [3.63, 3.8) is 0 Å². The molecule has 20 heavy (non-hydrogen) atoms. The minimum atomic E-state index is 0.194. The Labute approximate surface area is 124 Å². The summed E-state index contributed by atoms with van der Waals surface area (Å²) in [6.45, 7) is 4.53. The van der Waals surface area contributed by atoms with E-state index in [9.17, 15) is 5.11 Å². The first-order valence-electron chi connectivity index (χ1n) is 7.20. The lowest BCUT2D eigenvalue weighted by molar-refractivity contribution is 0.171. The van der Waals surface area contributed by atoms with Crippen LogP contribution in [0.2, 0.25) is 0 Å². The van der Waals surface area contributed by atoms with Crippen LogP contribution >= 0.6 is 11.8 Å². The van der Waals surface area contributed by atoms with Crippen molar-refractivity contribution in [1.82, 2.24) is 5.32 Å². The molecule has 0 spiro atoms. The molecule has 1 unspecified atom stereocenters. The molecular formula is C15H23NO3S. The van der Waals surface area contributed by atoms with Crippen molar-refractivity contribution in [2.45, 2.75) is 30.7 Å². The molecule has 0 bridgehead atoms. The molecule has 0 aromatic heterocycles. The van der Waals surface area contributed by atoms with E-state index in [1.54, 1.807) is 11.8 Å². The Hall–Kier alpha value is -0.910. The highest BCUT2D eigenvalue weighted by Gasteiger charge is 2.12. The van der Waals surface area contributed by atoms with Gasteiger partial charge in [-0.05, 0) is 43.3 Å². The number of benzene rings is 1. The largest absolute Gasteiger partial charge is 0.486 e. The van der Waals surface area contributed by atoms with E-state index < -0.39 is 0 Å². The second kappa shape index (κ2) is 8.39. The summed E-state index contributed by atoms with van der Waals surface area (Å²) < 4.78 is 11.1. The van der Waals surface area contributed by atoms with E-state index in [0.717, 1.165) is 36.6 Å². The number of aliphatic hydroxyl groups excluding tert-OH is 1. The molecule has 1 aromatic carbocycles. The standard InChI is InChI=1S/C15H23NO3S/c1-2-6-16-12(11-17)5-9-20-13-3-4-14-15(10-13)19-8-7-18-14/h3-4,10,12,16-17H,2,5-9,11H2,1H3. The Balaban J connectivity index is 1.78. The average molecular weight is 297 g/mol. The van der Waals surface area contributed by atoms with E-state index in [1.807, 2.05) is 12.1 Å². The zero-order valence-corrected chi connectivity index (χ0v) is 12.7. The molecule has 4 nitrogen and oxygen atoms in total. The molecule has 0 amide bonds. The maximum atomic E-state index is 9.30. The van der Waals surface area contributed by atoms with Gasteiger partial charge in [0, 0.05) is 10.9 Å². The number of hydrogen-bond acceptors (Lipinski definition) is 5. The molecule has 1 aliphatic heterocycles. The topological polar surface area (TPSA) is 50.7 Å². The van der Waals surface area contributed by atoms with E-state index in [1.165, 1.54) is 4.90 Å². The van der Waals surface area contributed by atoms with Crippen molar-refractivity contribution >= 4 is 11.8 Å². The third kappa shape index (κ3) is 4.58. The van der Waals surface area contributed by atoms with Crippen LogP contribution in [0.5, 0.6) is 11.5 Å². The van der Waals surface area contributed by atoms with E-state index in [4.69, 9.17) is 9.47 Å². The molecular weight excluding hydrogens is 274 g/mol. The highest BCUT2D eigenvalue weighted by atomic mass is 32.2.